The third-order valence-corrected chi connectivity index (χ3v) is 7.37. The van der Waals surface area contributed by atoms with Crippen molar-refractivity contribution in [1.29, 1.82) is 0 Å². The van der Waals surface area contributed by atoms with Gasteiger partial charge in [0.1, 0.15) is 14.0 Å². The molecule has 2 fully saturated rings. The maximum absolute atomic E-state index is 11.7. The first-order valence-corrected chi connectivity index (χ1v) is 12.3. The summed E-state index contributed by atoms with van der Waals surface area (Å²) >= 11 is 0. The van der Waals surface area contributed by atoms with Gasteiger partial charge in [0.2, 0.25) is 0 Å². The Morgan fingerprint density at radius 2 is 1.70 bits per heavy atom. The molecule has 0 saturated carbocycles. The summed E-state index contributed by atoms with van der Waals surface area (Å²) in [5.74, 6) is 0. The maximum Gasteiger partial charge on any atom is 0.490 e. The maximum atomic E-state index is 11.7. The third-order valence-electron chi connectivity index (χ3n) is 3.57. The molecule has 2 rings (SSSR count). The summed E-state index contributed by atoms with van der Waals surface area (Å²) in [6, 6.07) is -0.733. The lowest BCUT2D eigenvalue weighted by Crippen LogP contribution is -2.32. The molecule has 17 heteroatoms. The van der Waals surface area contributed by atoms with Gasteiger partial charge in [-0.15, -0.1) is 0 Å². The average molecular weight is 452 g/mol. The molecule has 0 aromatic carbocycles. The summed E-state index contributed by atoms with van der Waals surface area (Å²) < 4.78 is 61.9. The van der Waals surface area contributed by atoms with Crippen LogP contribution in [0.4, 0.5) is 0 Å². The van der Waals surface area contributed by atoms with E-state index in [9.17, 15) is 18.6 Å². The topological polar surface area (TPSA) is 188 Å². The first kappa shape index (κ1) is 23.6. The van der Waals surface area contributed by atoms with E-state index >= 15 is 0 Å². The Morgan fingerprint density at radius 3 is 2.26 bits per heavy atom. The Labute approximate surface area is 156 Å². The van der Waals surface area contributed by atoms with Crippen molar-refractivity contribution in [2.24, 2.45) is 0 Å². The second kappa shape index (κ2) is 9.01. The van der Waals surface area contributed by atoms with Crippen molar-refractivity contribution in [2.45, 2.75) is 56.8 Å². The first-order valence-electron chi connectivity index (χ1n) is 7.75. The van der Waals surface area contributed by atoms with Crippen molar-refractivity contribution < 1.29 is 60.6 Å². The molecule has 156 valence electrons. The van der Waals surface area contributed by atoms with Crippen LogP contribution in [0.5, 0.6) is 0 Å². The van der Waals surface area contributed by atoms with Gasteiger partial charge in [-0.25, -0.2) is 13.7 Å². The number of ether oxygens (including phenoxy) is 3. The van der Waals surface area contributed by atoms with E-state index in [1.54, 1.807) is 0 Å². The van der Waals surface area contributed by atoms with Gasteiger partial charge in [0.15, 0.2) is 6.29 Å². The van der Waals surface area contributed by atoms with Crippen LogP contribution < -0.4 is 0 Å². The van der Waals surface area contributed by atoms with Crippen LogP contribution in [-0.4, -0.2) is 64.6 Å². The highest BCUT2D eigenvalue weighted by Crippen LogP contribution is 2.66. The molecule has 2 saturated heterocycles. The van der Waals surface area contributed by atoms with E-state index in [1.807, 2.05) is 6.92 Å². The van der Waals surface area contributed by atoms with Gasteiger partial charge in [-0.2, -0.15) is 8.62 Å². The van der Waals surface area contributed by atoms with E-state index in [0.29, 0.717) is 6.42 Å². The van der Waals surface area contributed by atoms with E-state index in [1.165, 1.54) is 0 Å². The van der Waals surface area contributed by atoms with Gasteiger partial charge in [-0.05, 0) is 19.8 Å². The normalized spacial score (nSPS) is 36.4. The van der Waals surface area contributed by atoms with E-state index in [4.69, 9.17) is 36.7 Å². The standard InChI is InChI=1S/C10H20BO13P3/c1-6-2-3-10(20-6)22-7-4-9(11)21-8(7)5-19-26(15,16)24-27(17,18)23-25(12,13)14/h6-10H,2-5H2,1H3,(H,15,16)(H,17,18)(H2,12,13,14). The number of rotatable bonds is 9. The number of hydrogen-bond donors (Lipinski definition) is 4. The second-order valence-corrected chi connectivity index (χ2v) is 10.4. The van der Waals surface area contributed by atoms with Gasteiger partial charge in [0.05, 0.1) is 18.8 Å². The summed E-state index contributed by atoms with van der Waals surface area (Å²) in [5, 5.41) is 0. The minimum Gasteiger partial charge on any atom is -0.380 e. The Hall–Kier alpha value is 0.355. The van der Waals surface area contributed by atoms with E-state index in [0.717, 1.165) is 6.42 Å². The van der Waals surface area contributed by atoms with Gasteiger partial charge in [0, 0.05) is 12.4 Å². The predicted octanol–water partition coefficient (Wildman–Crippen LogP) is 0.523. The van der Waals surface area contributed by atoms with Crippen LogP contribution in [-0.2, 0) is 41.1 Å². The minimum absolute atomic E-state index is 0.0273. The van der Waals surface area contributed by atoms with Crippen LogP contribution in [0.2, 0.25) is 0 Å². The monoisotopic (exact) mass is 452 g/mol. The first-order chi connectivity index (χ1) is 12.2. The smallest absolute Gasteiger partial charge is 0.380 e. The quantitative estimate of drug-likeness (QED) is 0.280. The summed E-state index contributed by atoms with van der Waals surface area (Å²) in [5.41, 5.74) is 0. The highest BCUT2D eigenvalue weighted by atomic mass is 31.3. The van der Waals surface area contributed by atoms with E-state index in [-0.39, 0.29) is 12.5 Å². The molecule has 0 bridgehead atoms. The van der Waals surface area contributed by atoms with E-state index < -0.39 is 54.6 Å². The summed E-state index contributed by atoms with van der Waals surface area (Å²) in [6.45, 7) is 1.26. The molecular formula is C10H20BO13P3. The molecule has 7 unspecified atom stereocenters. The highest BCUT2D eigenvalue weighted by Gasteiger charge is 2.43. The lowest BCUT2D eigenvalue weighted by molar-refractivity contribution is -0.172. The zero-order valence-electron chi connectivity index (χ0n) is 14.1. The van der Waals surface area contributed by atoms with Crippen molar-refractivity contribution in [3.05, 3.63) is 0 Å². The van der Waals surface area contributed by atoms with Crippen LogP contribution in [0.1, 0.15) is 26.2 Å². The van der Waals surface area contributed by atoms with Gasteiger partial charge in [-0.1, -0.05) is 0 Å². The molecule has 13 nitrogen and oxygen atoms in total. The SMILES string of the molecule is [B]C1CC(OC2CCC(C)O2)C(COP(=O)(O)OP(=O)(O)OP(=O)(O)O)O1. The molecule has 0 amide bonds. The summed E-state index contributed by atoms with van der Waals surface area (Å²) in [6.07, 6.45) is -0.315. The van der Waals surface area contributed by atoms with Crippen LogP contribution >= 0.6 is 23.5 Å². The predicted molar refractivity (Wildman–Crippen MR) is 87.3 cm³/mol. The van der Waals surface area contributed by atoms with E-state index in [2.05, 4.69) is 13.1 Å². The van der Waals surface area contributed by atoms with Crippen molar-refractivity contribution in [2.75, 3.05) is 6.61 Å². The van der Waals surface area contributed by atoms with Crippen LogP contribution in [0.3, 0.4) is 0 Å². The minimum atomic E-state index is -5.57. The Morgan fingerprint density at radius 1 is 1.04 bits per heavy atom. The Balaban J connectivity index is 1.89. The van der Waals surface area contributed by atoms with Crippen molar-refractivity contribution in [3.63, 3.8) is 0 Å². The number of hydrogen-bond acceptors (Lipinski definition) is 9. The number of phosphoric ester groups is 1. The van der Waals surface area contributed by atoms with Gasteiger partial charge < -0.3 is 33.8 Å². The second-order valence-electron chi connectivity index (χ2n) is 5.96. The van der Waals surface area contributed by atoms with Crippen molar-refractivity contribution in [1.82, 2.24) is 0 Å². The zero-order valence-corrected chi connectivity index (χ0v) is 16.8. The van der Waals surface area contributed by atoms with Crippen molar-refractivity contribution >= 4 is 31.3 Å². The Bertz CT molecular complexity index is 654. The fourth-order valence-electron chi connectivity index (χ4n) is 2.57. The number of phosphoric acid groups is 3. The molecule has 0 spiro atoms. The molecule has 2 aliphatic rings. The fraction of sp³-hybridized carbons (Fsp3) is 1.00. The molecular weight excluding hydrogens is 432 g/mol. The van der Waals surface area contributed by atoms with Gasteiger partial charge >= 0.3 is 23.5 Å². The molecule has 0 aromatic rings. The molecule has 0 aromatic heterocycles. The van der Waals surface area contributed by atoms with Crippen LogP contribution in [0.15, 0.2) is 0 Å². The zero-order chi connectivity index (χ0) is 20.5. The lowest BCUT2D eigenvalue weighted by atomic mass is 9.96. The summed E-state index contributed by atoms with van der Waals surface area (Å²) in [4.78, 5) is 35.5. The fourth-order valence-corrected chi connectivity index (χ4v) is 5.60. The van der Waals surface area contributed by atoms with Gasteiger partial charge in [-0.3, -0.25) is 4.52 Å². The molecule has 7 atom stereocenters. The average Bonchev–Trinajstić information content (AvgIpc) is 2.99. The third kappa shape index (κ3) is 8.32. The van der Waals surface area contributed by atoms with Crippen LogP contribution in [0, 0.1) is 0 Å². The molecule has 2 radical (unpaired) electrons. The molecule has 27 heavy (non-hydrogen) atoms. The molecule has 0 aliphatic carbocycles. The largest absolute Gasteiger partial charge is 0.490 e. The van der Waals surface area contributed by atoms with Gasteiger partial charge in [0.25, 0.3) is 0 Å². The van der Waals surface area contributed by atoms with Crippen LogP contribution in [0.25, 0.3) is 0 Å². The summed E-state index contributed by atoms with van der Waals surface area (Å²) in [7, 11) is -10.6. The van der Waals surface area contributed by atoms with Crippen molar-refractivity contribution in [3.8, 4) is 0 Å². The molecule has 2 aliphatic heterocycles. The molecule has 4 N–H and O–H groups in total. The Kier molecular flexibility index (Phi) is 7.89. The molecule has 2 heterocycles. The highest BCUT2D eigenvalue weighted by molar-refractivity contribution is 7.66. The lowest BCUT2D eigenvalue weighted by Gasteiger charge is -2.23.